The molecular formula is C14H25N3O3. The molecule has 2 aliphatic heterocycles. The Morgan fingerprint density at radius 2 is 1.85 bits per heavy atom. The number of carbonyl (C=O) groups excluding carboxylic acids is 1. The molecule has 2 unspecified atom stereocenters. The van der Waals surface area contributed by atoms with Crippen LogP contribution in [0, 0.1) is 5.92 Å². The molecule has 0 bridgehead atoms. The predicted octanol–water partition coefficient (Wildman–Crippen LogP) is 0.929. The van der Waals surface area contributed by atoms with Crippen molar-refractivity contribution >= 4 is 12.0 Å². The fourth-order valence-corrected chi connectivity index (χ4v) is 2.99. The van der Waals surface area contributed by atoms with E-state index in [0.717, 1.165) is 32.6 Å². The maximum Gasteiger partial charge on any atom is 0.320 e. The molecule has 2 heterocycles. The molecule has 2 saturated heterocycles. The monoisotopic (exact) mass is 283 g/mol. The summed E-state index contributed by atoms with van der Waals surface area (Å²) in [5.41, 5.74) is 0. The highest BCUT2D eigenvalue weighted by Crippen LogP contribution is 2.22. The zero-order valence-electron chi connectivity index (χ0n) is 12.4. The molecule has 2 amide bonds. The number of likely N-dealkylation sites (tertiary alicyclic amines) is 1. The van der Waals surface area contributed by atoms with Gasteiger partial charge in [-0.3, -0.25) is 4.79 Å². The first-order valence-corrected chi connectivity index (χ1v) is 7.43. The van der Waals surface area contributed by atoms with Crippen LogP contribution >= 0.6 is 0 Å². The van der Waals surface area contributed by atoms with Crippen molar-refractivity contribution in [2.24, 2.45) is 5.92 Å². The van der Waals surface area contributed by atoms with Gasteiger partial charge in [-0.05, 0) is 32.7 Å². The number of nitrogens with zero attached hydrogens (tertiary/aromatic N) is 3. The van der Waals surface area contributed by atoms with E-state index in [-0.39, 0.29) is 12.5 Å². The summed E-state index contributed by atoms with van der Waals surface area (Å²) in [6.07, 6.45) is 1.82. The lowest BCUT2D eigenvalue weighted by Gasteiger charge is -2.39. The molecule has 0 aliphatic carbocycles. The first-order chi connectivity index (χ1) is 9.47. The summed E-state index contributed by atoms with van der Waals surface area (Å²) >= 11 is 0. The van der Waals surface area contributed by atoms with Crippen LogP contribution in [0.2, 0.25) is 0 Å². The van der Waals surface area contributed by atoms with E-state index in [2.05, 4.69) is 18.9 Å². The van der Waals surface area contributed by atoms with Crippen molar-refractivity contribution in [3.05, 3.63) is 0 Å². The normalized spacial score (nSPS) is 27.9. The highest BCUT2D eigenvalue weighted by atomic mass is 16.4. The van der Waals surface area contributed by atoms with Gasteiger partial charge in [-0.25, -0.2) is 4.79 Å². The summed E-state index contributed by atoms with van der Waals surface area (Å²) in [5.74, 6) is -0.400. The Morgan fingerprint density at radius 3 is 2.50 bits per heavy atom. The second-order valence-corrected chi connectivity index (χ2v) is 6.09. The molecule has 0 spiro atoms. The van der Waals surface area contributed by atoms with E-state index >= 15 is 0 Å². The molecule has 2 atom stereocenters. The number of carboxylic acids is 1. The van der Waals surface area contributed by atoms with Gasteiger partial charge in [0.15, 0.2) is 0 Å². The smallest absolute Gasteiger partial charge is 0.320 e. The second kappa shape index (κ2) is 6.43. The fraction of sp³-hybridized carbons (Fsp3) is 0.857. The topological polar surface area (TPSA) is 64.1 Å². The minimum atomic E-state index is -0.748. The van der Waals surface area contributed by atoms with E-state index in [1.54, 1.807) is 0 Å². The van der Waals surface area contributed by atoms with Gasteiger partial charge < -0.3 is 19.8 Å². The predicted molar refractivity (Wildman–Crippen MR) is 75.6 cm³/mol. The van der Waals surface area contributed by atoms with Crippen LogP contribution in [0.3, 0.4) is 0 Å². The second-order valence-electron chi connectivity index (χ2n) is 6.09. The van der Waals surface area contributed by atoms with Crippen LogP contribution < -0.4 is 0 Å². The molecule has 6 heteroatoms. The maximum absolute atomic E-state index is 12.5. The van der Waals surface area contributed by atoms with Gasteiger partial charge in [-0.1, -0.05) is 0 Å². The van der Waals surface area contributed by atoms with Crippen molar-refractivity contribution < 1.29 is 14.7 Å². The number of hydrogen-bond acceptors (Lipinski definition) is 3. The number of urea groups is 1. The average Bonchev–Trinajstić information content (AvgIpc) is 2.87. The van der Waals surface area contributed by atoms with E-state index in [1.165, 1.54) is 0 Å². The molecule has 2 fully saturated rings. The van der Waals surface area contributed by atoms with Gasteiger partial charge >= 0.3 is 12.0 Å². The largest absolute Gasteiger partial charge is 0.481 e. The van der Waals surface area contributed by atoms with Crippen LogP contribution in [0.1, 0.15) is 26.2 Å². The highest BCUT2D eigenvalue weighted by molar-refractivity contribution is 5.75. The molecule has 20 heavy (non-hydrogen) atoms. The Kier molecular flexibility index (Phi) is 4.86. The zero-order chi connectivity index (χ0) is 14.7. The number of carbonyl (C=O) groups is 2. The number of rotatable bonds is 3. The highest BCUT2D eigenvalue weighted by Gasteiger charge is 2.32. The molecule has 114 valence electrons. The molecule has 0 radical (unpaired) electrons. The van der Waals surface area contributed by atoms with Gasteiger partial charge in [0.1, 0.15) is 0 Å². The quantitative estimate of drug-likeness (QED) is 0.837. The summed E-state index contributed by atoms with van der Waals surface area (Å²) in [6.45, 7) is 6.11. The van der Waals surface area contributed by atoms with Gasteiger partial charge in [0, 0.05) is 45.2 Å². The molecule has 2 aliphatic rings. The molecule has 0 aromatic carbocycles. The van der Waals surface area contributed by atoms with E-state index in [4.69, 9.17) is 5.11 Å². The standard InChI is InChI=1S/C14H25N3O3/c1-11-9-17(8-7-15(11)2)14(20)16-6-5-12(10-16)3-4-13(18)19/h11-12H,3-10H2,1-2H3,(H,18,19). The van der Waals surface area contributed by atoms with Gasteiger partial charge in [0.05, 0.1) is 0 Å². The average molecular weight is 283 g/mol. The molecule has 0 saturated carbocycles. The van der Waals surface area contributed by atoms with Gasteiger partial charge in [-0.2, -0.15) is 0 Å². The lowest BCUT2D eigenvalue weighted by Crippen LogP contribution is -2.55. The lowest BCUT2D eigenvalue weighted by atomic mass is 10.0. The first kappa shape index (κ1) is 15.1. The summed E-state index contributed by atoms with van der Waals surface area (Å²) in [7, 11) is 2.09. The Labute approximate surface area is 120 Å². The van der Waals surface area contributed by atoms with Crippen molar-refractivity contribution in [2.75, 3.05) is 39.8 Å². The van der Waals surface area contributed by atoms with E-state index in [0.29, 0.717) is 24.9 Å². The Balaban J connectivity index is 1.80. The van der Waals surface area contributed by atoms with Crippen molar-refractivity contribution in [1.82, 2.24) is 14.7 Å². The van der Waals surface area contributed by atoms with E-state index in [9.17, 15) is 9.59 Å². The van der Waals surface area contributed by atoms with Crippen molar-refractivity contribution in [2.45, 2.75) is 32.2 Å². The van der Waals surface area contributed by atoms with Crippen molar-refractivity contribution in [3.63, 3.8) is 0 Å². The number of hydrogen-bond donors (Lipinski definition) is 1. The van der Waals surface area contributed by atoms with E-state index < -0.39 is 5.97 Å². The number of piperazine rings is 1. The molecule has 0 aromatic rings. The molecule has 6 nitrogen and oxygen atoms in total. The van der Waals surface area contributed by atoms with Crippen molar-refractivity contribution in [3.8, 4) is 0 Å². The van der Waals surface area contributed by atoms with Crippen LogP contribution in [-0.4, -0.2) is 77.6 Å². The third-order valence-corrected chi connectivity index (χ3v) is 4.55. The molecule has 2 rings (SSSR count). The van der Waals surface area contributed by atoms with Gasteiger partial charge in [0.25, 0.3) is 0 Å². The van der Waals surface area contributed by atoms with Crippen LogP contribution in [0.5, 0.6) is 0 Å². The zero-order valence-corrected chi connectivity index (χ0v) is 12.4. The molecule has 0 aromatic heterocycles. The third-order valence-electron chi connectivity index (χ3n) is 4.55. The van der Waals surface area contributed by atoms with Crippen LogP contribution in [0.25, 0.3) is 0 Å². The first-order valence-electron chi connectivity index (χ1n) is 7.43. The Morgan fingerprint density at radius 1 is 1.15 bits per heavy atom. The van der Waals surface area contributed by atoms with Crippen LogP contribution in [-0.2, 0) is 4.79 Å². The maximum atomic E-state index is 12.5. The molecular weight excluding hydrogens is 258 g/mol. The van der Waals surface area contributed by atoms with Crippen molar-refractivity contribution in [1.29, 1.82) is 0 Å². The summed E-state index contributed by atoms with van der Waals surface area (Å²) in [5, 5.41) is 8.71. The fourth-order valence-electron chi connectivity index (χ4n) is 2.99. The van der Waals surface area contributed by atoms with E-state index in [1.807, 2.05) is 9.80 Å². The number of likely N-dealkylation sites (N-methyl/N-ethyl adjacent to an activating group) is 1. The van der Waals surface area contributed by atoms with Crippen LogP contribution in [0.15, 0.2) is 0 Å². The molecule has 1 N–H and O–H groups in total. The van der Waals surface area contributed by atoms with Crippen LogP contribution in [0.4, 0.5) is 4.79 Å². The number of amides is 2. The minimum Gasteiger partial charge on any atom is -0.481 e. The lowest BCUT2D eigenvalue weighted by molar-refractivity contribution is -0.137. The summed E-state index contributed by atoms with van der Waals surface area (Å²) in [6, 6.07) is 0.529. The SMILES string of the molecule is CC1CN(C(=O)N2CCC(CCC(=O)O)C2)CCN1C. The Bertz CT molecular complexity index is 375. The van der Waals surface area contributed by atoms with Gasteiger partial charge in [0.2, 0.25) is 0 Å². The van der Waals surface area contributed by atoms with Gasteiger partial charge in [-0.15, -0.1) is 0 Å². The Hall–Kier alpha value is -1.30. The summed E-state index contributed by atoms with van der Waals surface area (Å²) < 4.78 is 0. The third kappa shape index (κ3) is 3.62. The number of carboxylic acid groups (broad SMARTS) is 1. The summed E-state index contributed by atoms with van der Waals surface area (Å²) in [4.78, 5) is 29.1. The number of aliphatic carboxylic acids is 1. The minimum absolute atomic E-state index is 0.128.